The second-order valence-electron chi connectivity index (χ2n) is 4.33. The van der Waals surface area contributed by atoms with Crippen LogP contribution in [0.2, 0.25) is 0 Å². The Hall–Kier alpha value is -1.94. The van der Waals surface area contributed by atoms with Crippen molar-refractivity contribution in [2.24, 2.45) is 5.73 Å². The van der Waals surface area contributed by atoms with Gasteiger partial charge in [0.1, 0.15) is 11.6 Å². The Labute approximate surface area is 105 Å². The van der Waals surface area contributed by atoms with E-state index in [2.05, 4.69) is 4.98 Å². The molecule has 1 aromatic heterocycles. The van der Waals surface area contributed by atoms with E-state index in [1.165, 1.54) is 6.07 Å². The summed E-state index contributed by atoms with van der Waals surface area (Å²) < 4.78 is 18.4. The number of aromatic nitrogens is 1. The lowest BCUT2D eigenvalue weighted by atomic mass is 9.86. The first-order chi connectivity index (χ1) is 8.54. The van der Waals surface area contributed by atoms with Crippen LogP contribution in [-0.2, 0) is 5.54 Å². The predicted octanol–water partition coefficient (Wildman–Crippen LogP) is 2.45. The summed E-state index contributed by atoms with van der Waals surface area (Å²) in [5.74, 6) is 0.320. The predicted molar refractivity (Wildman–Crippen MR) is 67.8 cm³/mol. The Bertz CT molecular complexity index is 555. The average Bonchev–Trinajstić information content (AvgIpc) is 2.39. The van der Waals surface area contributed by atoms with Gasteiger partial charge in [-0.2, -0.15) is 0 Å². The van der Waals surface area contributed by atoms with Gasteiger partial charge in [-0.15, -0.1) is 0 Å². The maximum absolute atomic E-state index is 13.2. The molecule has 0 amide bonds. The number of nitrogens with two attached hydrogens (primary N) is 1. The van der Waals surface area contributed by atoms with E-state index in [9.17, 15) is 4.39 Å². The molecular weight excluding hydrogens is 231 g/mol. The molecule has 1 unspecified atom stereocenters. The van der Waals surface area contributed by atoms with Gasteiger partial charge in [0.25, 0.3) is 0 Å². The molecule has 18 heavy (non-hydrogen) atoms. The fourth-order valence-corrected chi connectivity index (χ4v) is 1.81. The van der Waals surface area contributed by atoms with Gasteiger partial charge in [-0.3, -0.25) is 4.98 Å². The number of benzene rings is 1. The smallest absolute Gasteiger partial charge is 0.141 e. The van der Waals surface area contributed by atoms with Gasteiger partial charge in [0.15, 0.2) is 0 Å². The van der Waals surface area contributed by atoms with Crippen LogP contribution >= 0.6 is 0 Å². The first-order valence-corrected chi connectivity index (χ1v) is 5.58. The van der Waals surface area contributed by atoms with Gasteiger partial charge in [-0.05, 0) is 36.2 Å². The van der Waals surface area contributed by atoms with Crippen molar-refractivity contribution in [1.82, 2.24) is 4.98 Å². The molecular formula is C14H15FN2O. The van der Waals surface area contributed by atoms with Gasteiger partial charge >= 0.3 is 0 Å². The van der Waals surface area contributed by atoms with Gasteiger partial charge in [-0.25, -0.2) is 4.39 Å². The first kappa shape index (κ1) is 12.5. The minimum absolute atomic E-state index is 0.396. The summed E-state index contributed by atoms with van der Waals surface area (Å²) in [5.41, 5.74) is 6.94. The number of ether oxygens (including phenoxy) is 1. The van der Waals surface area contributed by atoms with Crippen molar-refractivity contribution >= 4 is 0 Å². The van der Waals surface area contributed by atoms with Crippen LogP contribution in [0.4, 0.5) is 4.39 Å². The number of hydrogen-bond acceptors (Lipinski definition) is 3. The monoisotopic (exact) mass is 246 g/mol. The molecule has 0 saturated heterocycles. The fraction of sp³-hybridized carbons (Fsp3) is 0.214. The Kier molecular flexibility index (Phi) is 3.30. The minimum atomic E-state index is -0.816. The molecule has 3 nitrogen and oxygen atoms in total. The SMILES string of the molecule is COc1cccc(C(C)(N)c2cncc(F)c2)c1. The molecule has 0 spiro atoms. The van der Waals surface area contributed by atoms with Crippen molar-refractivity contribution in [2.45, 2.75) is 12.5 Å². The first-order valence-electron chi connectivity index (χ1n) is 5.58. The Morgan fingerprint density at radius 1 is 1.22 bits per heavy atom. The van der Waals surface area contributed by atoms with E-state index in [1.807, 2.05) is 31.2 Å². The van der Waals surface area contributed by atoms with Gasteiger partial charge in [0.2, 0.25) is 0 Å². The molecule has 4 heteroatoms. The van der Waals surface area contributed by atoms with E-state index < -0.39 is 11.4 Å². The fourth-order valence-electron chi connectivity index (χ4n) is 1.81. The summed E-state index contributed by atoms with van der Waals surface area (Å²) in [7, 11) is 1.59. The third kappa shape index (κ3) is 2.33. The highest BCUT2D eigenvalue weighted by molar-refractivity contribution is 5.39. The quantitative estimate of drug-likeness (QED) is 0.905. The zero-order chi connectivity index (χ0) is 13.2. The lowest BCUT2D eigenvalue weighted by Crippen LogP contribution is -2.34. The summed E-state index contributed by atoms with van der Waals surface area (Å²) in [5, 5.41) is 0. The van der Waals surface area contributed by atoms with Gasteiger partial charge < -0.3 is 10.5 Å². The Morgan fingerprint density at radius 2 is 2.00 bits per heavy atom. The topological polar surface area (TPSA) is 48.1 Å². The van der Waals surface area contributed by atoms with E-state index in [4.69, 9.17) is 10.5 Å². The molecule has 0 aliphatic heterocycles. The van der Waals surface area contributed by atoms with E-state index in [-0.39, 0.29) is 0 Å². The minimum Gasteiger partial charge on any atom is -0.497 e. The van der Waals surface area contributed by atoms with E-state index in [0.717, 1.165) is 11.8 Å². The van der Waals surface area contributed by atoms with E-state index in [0.29, 0.717) is 11.3 Å². The van der Waals surface area contributed by atoms with Crippen molar-refractivity contribution in [3.05, 3.63) is 59.7 Å². The number of methoxy groups -OCH3 is 1. The lowest BCUT2D eigenvalue weighted by molar-refractivity contribution is 0.413. The summed E-state index contributed by atoms with van der Waals surface area (Å²) in [6.07, 6.45) is 2.73. The molecule has 1 aromatic carbocycles. The van der Waals surface area contributed by atoms with Crippen molar-refractivity contribution in [2.75, 3.05) is 7.11 Å². The highest BCUT2D eigenvalue weighted by Crippen LogP contribution is 2.28. The summed E-state index contributed by atoms with van der Waals surface area (Å²) in [4.78, 5) is 3.83. The van der Waals surface area contributed by atoms with E-state index in [1.54, 1.807) is 13.3 Å². The molecule has 0 aliphatic carbocycles. The number of nitrogens with zero attached hydrogens (tertiary/aromatic N) is 1. The maximum Gasteiger partial charge on any atom is 0.141 e. The molecule has 94 valence electrons. The van der Waals surface area contributed by atoms with Crippen LogP contribution < -0.4 is 10.5 Å². The molecule has 0 aliphatic rings. The van der Waals surface area contributed by atoms with Crippen LogP contribution in [0.15, 0.2) is 42.7 Å². The molecule has 1 atom stereocenters. The Morgan fingerprint density at radius 3 is 2.67 bits per heavy atom. The highest BCUT2D eigenvalue weighted by atomic mass is 19.1. The van der Waals surface area contributed by atoms with Crippen molar-refractivity contribution in [1.29, 1.82) is 0 Å². The Balaban J connectivity index is 2.46. The van der Waals surface area contributed by atoms with Crippen LogP contribution in [0, 0.1) is 5.82 Å². The van der Waals surface area contributed by atoms with Crippen molar-refractivity contribution < 1.29 is 9.13 Å². The molecule has 1 heterocycles. The normalized spacial score (nSPS) is 14.0. The number of halogens is 1. The van der Waals surface area contributed by atoms with Crippen LogP contribution in [0.25, 0.3) is 0 Å². The second-order valence-corrected chi connectivity index (χ2v) is 4.33. The number of pyridine rings is 1. The van der Waals surface area contributed by atoms with Crippen LogP contribution in [0.5, 0.6) is 5.75 Å². The molecule has 2 N–H and O–H groups in total. The molecule has 0 radical (unpaired) electrons. The summed E-state index contributed by atoms with van der Waals surface area (Å²) in [6, 6.07) is 8.81. The van der Waals surface area contributed by atoms with Crippen LogP contribution in [0.1, 0.15) is 18.1 Å². The van der Waals surface area contributed by atoms with Gasteiger partial charge in [0, 0.05) is 6.20 Å². The molecule has 0 saturated carbocycles. The number of rotatable bonds is 3. The van der Waals surface area contributed by atoms with Crippen LogP contribution in [-0.4, -0.2) is 12.1 Å². The third-order valence-electron chi connectivity index (χ3n) is 2.97. The van der Waals surface area contributed by atoms with Crippen LogP contribution in [0.3, 0.4) is 0 Å². The summed E-state index contributed by atoms with van der Waals surface area (Å²) >= 11 is 0. The molecule has 2 rings (SSSR count). The molecule has 0 fully saturated rings. The lowest BCUT2D eigenvalue weighted by Gasteiger charge is -2.25. The third-order valence-corrected chi connectivity index (χ3v) is 2.97. The van der Waals surface area contributed by atoms with Crippen molar-refractivity contribution in [3.63, 3.8) is 0 Å². The molecule has 2 aromatic rings. The zero-order valence-corrected chi connectivity index (χ0v) is 10.4. The van der Waals surface area contributed by atoms with E-state index >= 15 is 0 Å². The maximum atomic E-state index is 13.2. The largest absolute Gasteiger partial charge is 0.497 e. The standard InChI is InChI=1S/C14H15FN2O/c1-14(16,11-6-12(15)9-17-8-11)10-4-3-5-13(7-10)18-2/h3-9H,16H2,1-2H3. The van der Waals surface area contributed by atoms with Gasteiger partial charge in [0.05, 0.1) is 18.8 Å². The van der Waals surface area contributed by atoms with Gasteiger partial charge in [-0.1, -0.05) is 12.1 Å². The average molecular weight is 246 g/mol. The highest BCUT2D eigenvalue weighted by Gasteiger charge is 2.25. The zero-order valence-electron chi connectivity index (χ0n) is 10.4. The molecule has 0 bridgehead atoms. The van der Waals surface area contributed by atoms with Crippen molar-refractivity contribution in [3.8, 4) is 5.75 Å². The number of hydrogen-bond donors (Lipinski definition) is 1. The summed E-state index contributed by atoms with van der Waals surface area (Å²) in [6.45, 7) is 1.82. The second kappa shape index (κ2) is 4.74.